The maximum atomic E-state index is 8.81. The second-order valence-electron chi connectivity index (χ2n) is 4.67. The summed E-state index contributed by atoms with van der Waals surface area (Å²) in [6.07, 6.45) is 0. The van der Waals surface area contributed by atoms with Crippen LogP contribution in [0.4, 0.5) is 0 Å². The Kier molecular flexibility index (Phi) is 5.29. The number of benzene rings is 2. The number of rotatable bonds is 3. The minimum atomic E-state index is -0.0987. The first kappa shape index (κ1) is 14.7. The first-order chi connectivity index (χ1) is 9.70. The Labute approximate surface area is 125 Å². The van der Waals surface area contributed by atoms with Crippen molar-refractivity contribution in [2.24, 2.45) is 0 Å². The molecule has 0 aliphatic rings. The molecule has 1 N–H and O–H groups in total. The van der Waals surface area contributed by atoms with Crippen molar-refractivity contribution in [1.29, 1.82) is 0 Å². The molecule has 0 amide bonds. The molecular weight excluding hydrogens is 264 g/mol. The van der Waals surface area contributed by atoms with Crippen molar-refractivity contribution < 1.29 is 5.11 Å². The molecule has 0 unspecified atom stereocenters. The molecule has 0 bridgehead atoms. The third kappa shape index (κ3) is 3.90. The highest BCUT2D eigenvalue weighted by molar-refractivity contribution is 7.98. The van der Waals surface area contributed by atoms with Crippen molar-refractivity contribution >= 4 is 11.8 Å². The van der Waals surface area contributed by atoms with Crippen molar-refractivity contribution in [3.63, 3.8) is 0 Å². The van der Waals surface area contributed by atoms with Gasteiger partial charge >= 0.3 is 0 Å². The van der Waals surface area contributed by atoms with E-state index in [-0.39, 0.29) is 6.61 Å². The first-order valence-electron chi connectivity index (χ1n) is 6.58. The van der Waals surface area contributed by atoms with E-state index in [1.807, 2.05) is 30.0 Å². The van der Waals surface area contributed by atoms with Gasteiger partial charge in [-0.3, -0.25) is 0 Å². The van der Waals surface area contributed by atoms with Crippen molar-refractivity contribution in [2.75, 3.05) is 6.61 Å². The maximum absolute atomic E-state index is 8.81. The molecule has 0 spiro atoms. The molecule has 2 heteroatoms. The van der Waals surface area contributed by atoms with Gasteiger partial charge in [0, 0.05) is 16.2 Å². The van der Waals surface area contributed by atoms with Crippen molar-refractivity contribution in [1.82, 2.24) is 0 Å². The lowest BCUT2D eigenvalue weighted by atomic mass is 10.1. The molecule has 102 valence electrons. The van der Waals surface area contributed by atoms with Gasteiger partial charge in [-0.1, -0.05) is 47.7 Å². The highest BCUT2D eigenvalue weighted by Crippen LogP contribution is 2.27. The molecule has 0 radical (unpaired) electrons. The molecule has 2 aromatic carbocycles. The Morgan fingerprint density at radius 3 is 2.65 bits per heavy atom. The Balaban J connectivity index is 2.14. The molecule has 0 saturated heterocycles. The van der Waals surface area contributed by atoms with Gasteiger partial charge in [0.2, 0.25) is 0 Å². The van der Waals surface area contributed by atoms with Gasteiger partial charge in [-0.25, -0.2) is 0 Å². The van der Waals surface area contributed by atoms with E-state index >= 15 is 0 Å². The topological polar surface area (TPSA) is 20.2 Å². The minimum absolute atomic E-state index is 0.0987. The van der Waals surface area contributed by atoms with Gasteiger partial charge in [-0.05, 0) is 37.1 Å². The van der Waals surface area contributed by atoms with E-state index in [1.54, 1.807) is 0 Å². The van der Waals surface area contributed by atoms with Gasteiger partial charge in [0.05, 0.1) is 0 Å². The monoisotopic (exact) mass is 282 g/mol. The molecule has 1 nitrogen and oxygen atoms in total. The number of thioether (sulfide) groups is 1. The molecule has 2 rings (SSSR count). The molecule has 20 heavy (non-hydrogen) atoms. The highest BCUT2D eigenvalue weighted by atomic mass is 32.2. The summed E-state index contributed by atoms with van der Waals surface area (Å²) in [5.74, 6) is 6.62. The third-order valence-electron chi connectivity index (χ3n) is 3.03. The molecule has 0 aliphatic heterocycles. The van der Waals surface area contributed by atoms with Crippen LogP contribution in [0.1, 0.15) is 22.3 Å². The molecule has 0 aliphatic carbocycles. The molecular formula is C18H18OS. The van der Waals surface area contributed by atoms with E-state index in [4.69, 9.17) is 5.11 Å². The second-order valence-corrected chi connectivity index (χ2v) is 5.69. The summed E-state index contributed by atoms with van der Waals surface area (Å²) in [6, 6.07) is 14.6. The second kappa shape index (κ2) is 7.19. The Morgan fingerprint density at radius 1 is 1.10 bits per heavy atom. The number of aliphatic hydroxyl groups excluding tert-OH is 1. The fourth-order valence-corrected chi connectivity index (χ4v) is 3.03. The normalized spacial score (nSPS) is 9.95. The van der Waals surface area contributed by atoms with Crippen LogP contribution < -0.4 is 0 Å². The summed E-state index contributed by atoms with van der Waals surface area (Å²) < 4.78 is 0. The molecule has 0 fully saturated rings. The van der Waals surface area contributed by atoms with Crippen molar-refractivity contribution in [3.8, 4) is 11.8 Å². The fraction of sp³-hybridized carbons (Fsp3) is 0.222. The summed E-state index contributed by atoms with van der Waals surface area (Å²) in [7, 11) is 0. The summed E-state index contributed by atoms with van der Waals surface area (Å²) in [4.78, 5) is 1.31. The Bertz CT molecular complexity index is 650. The zero-order valence-electron chi connectivity index (χ0n) is 11.8. The molecule has 0 heterocycles. The van der Waals surface area contributed by atoms with E-state index in [0.29, 0.717) is 0 Å². The van der Waals surface area contributed by atoms with Crippen LogP contribution in [0.15, 0.2) is 47.4 Å². The Morgan fingerprint density at radius 2 is 1.90 bits per heavy atom. The molecule has 0 atom stereocenters. The summed E-state index contributed by atoms with van der Waals surface area (Å²) in [5.41, 5.74) is 4.81. The number of hydrogen-bond donors (Lipinski definition) is 1. The summed E-state index contributed by atoms with van der Waals surface area (Å²) >= 11 is 1.83. The molecule has 0 saturated carbocycles. The van der Waals surface area contributed by atoms with Gasteiger partial charge in [-0.15, -0.1) is 11.8 Å². The standard InChI is InChI=1S/C18H18OS/c1-14-9-10-18(15(2)12-14)20-13-17-7-4-3-6-16(17)8-5-11-19/h3-4,6-7,9-10,12,19H,11,13H2,1-2H3. The van der Waals surface area contributed by atoms with Gasteiger partial charge in [0.15, 0.2) is 0 Å². The summed E-state index contributed by atoms with van der Waals surface area (Å²) in [6.45, 7) is 4.16. The van der Waals surface area contributed by atoms with Crippen LogP contribution in [0.2, 0.25) is 0 Å². The van der Waals surface area contributed by atoms with Gasteiger partial charge in [0.1, 0.15) is 6.61 Å². The third-order valence-corrected chi connectivity index (χ3v) is 4.26. The zero-order chi connectivity index (χ0) is 14.4. The van der Waals surface area contributed by atoms with E-state index in [9.17, 15) is 0 Å². The van der Waals surface area contributed by atoms with E-state index in [2.05, 4.69) is 50.0 Å². The maximum Gasteiger partial charge on any atom is 0.104 e. The van der Waals surface area contributed by atoms with E-state index in [0.717, 1.165) is 11.3 Å². The molecule has 2 aromatic rings. The lowest BCUT2D eigenvalue weighted by molar-refractivity contribution is 0.350. The Hall–Kier alpha value is -1.69. The van der Waals surface area contributed by atoms with Crippen LogP contribution in [0.3, 0.4) is 0 Å². The average Bonchev–Trinajstić information content (AvgIpc) is 2.45. The summed E-state index contributed by atoms with van der Waals surface area (Å²) in [5, 5.41) is 8.81. The van der Waals surface area contributed by atoms with Gasteiger partial charge in [-0.2, -0.15) is 0 Å². The lowest BCUT2D eigenvalue weighted by Gasteiger charge is -2.08. The number of aliphatic hydroxyl groups is 1. The zero-order valence-corrected chi connectivity index (χ0v) is 12.6. The van der Waals surface area contributed by atoms with Gasteiger partial charge < -0.3 is 5.11 Å². The lowest BCUT2D eigenvalue weighted by Crippen LogP contribution is -1.89. The number of hydrogen-bond acceptors (Lipinski definition) is 2. The van der Waals surface area contributed by atoms with Crippen molar-refractivity contribution in [3.05, 3.63) is 64.7 Å². The fourth-order valence-electron chi connectivity index (χ4n) is 2.02. The van der Waals surface area contributed by atoms with Crippen LogP contribution >= 0.6 is 11.8 Å². The van der Waals surface area contributed by atoms with E-state index < -0.39 is 0 Å². The molecule has 0 aromatic heterocycles. The predicted molar refractivity (Wildman–Crippen MR) is 85.9 cm³/mol. The van der Waals surface area contributed by atoms with Crippen LogP contribution in [0.5, 0.6) is 0 Å². The average molecular weight is 282 g/mol. The smallest absolute Gasteiger partial charge is 0.104 e. The minimum Gasteiger partial charge on any atom is -0.384 e. The predicted octanol–water partition coefficient (Wildman–Crippen LogP) is 3.94. The SMILES string of the molecule is Cc1ccc(SCc2ccccc2C#CCO)c(C)c1. The van der Waals surface area contributed by atoms with Crippen LogP contribution in [-0.2, 0) is 5.75 Å². The van der Waals surface area contributed by atoms with E-state index in [1.165, 1.54) is 21.6 Å². The largest absolute Gasteiger partial charge is 0.384 e. The van der Waals surface area contributed by atoms with Crippen LogP contribution in [-0.4, -0.2) is 11.7 Å². The van der Waals surface area contributed by atoms with Crippen LogP contribution in [0.25, 0.3) is 0 Å². The van der Waals surface area contributed by atoms with Crippen LogP contribution in [0, 0.1) is 25.7 Å². The number of aryl methyl sites for hydroxylation is 2. The van der Waals surface area contributed by atoms with Gasteiger partial charge in [0.25, 0.3) is 0 Å². The highest BCUT2D eigenvalue weighted by Gasteiger charge is 2.03. The van der Waals surface area contributed by atoms with Crippen molar-refractivity contribution in [2.45, 2.75) is 24.5 Å². The first-order valence-corrected chi connectivity index (χ1v) is 7.57. The quantitative estimate of drug-likeness (QED) is 0.679.